The van der Waals surface area contributed by atoms with Gasteiger partial charge in [0, 0.05) is 18.9 Å². The highest BCUT2D eigenvalue weighted by molar-refractivity contribution is 7.92. The molecule has 0 saturated carbocycles. The van der Waals surface area contributed by atoms with Crippen LogP contribution in [0.3, 0.4) is 0 Å². The number of anilines is 2. The largest absolute Gasteiger partial charge is 0.381 e. The first kappa shape index (κ1) is 13.3. The van der Waals surface area contributed by atoms with Gasteiger partial charge in [-0.3, -0.25) is 9.40 Å². The lowest BCUT2D eigenvalue weighted by atomic mass is 10.3. The predicted octanol–water partition coefficient (Wildman–Crippen LogP) is 0.989. The van der Waals surface area contributed by atoms with Crippen molar-refractivity contribution in [2.75, 3.05) is 10.5 Å². The van der Waals surface area contributed by atoms with Crippen LogP contribution in [0.25, 0.3) is 0 Å². The molecule has 0 atom stereocenters. The van der Waals surface area contributed by atoms with E-state index in [1.807, 2.05) is 6.92 Å². The third-order valence-electron chi connectivity index (χ3n) is 2.61. The quantitative estimate of drug-likeness (QED) is 0.870. The van der Waals surface area contributed by atoms with Crippen molar-refractivity contribution in [3.8, 4) is 0 Å². The zero-order valence-corrected chi connectivity index (χ0v) is 11.5. The Kier molecular flexibility index (Phi) is 3.43. The maximum atomic E-state index is 12.2. The molecule has 0 radical (unpaired) electrons. The summed E-state index contributed by atoms with van der Waals surface area (Å²) < 4.78 is 28.3. The van der Waals surface area contributed by atoms with Gasteiger partial charge in [0.2, 0.25) is 0 Å². The Balaban J connectivity index is 2.38. The molecule has 0 spiro atoms. The summed E-state index contributed by atoms with van der Waals surface area (Å²) in [5.41, 5.74) is 6.35. The van der Waals surface area contributed by atoms with Crippen LogP contribution < -0.4 is 10.5 Å². The van der Waals surface area contributed by atoms with E-state index in [9.17, 15) is 8.42 Å². The van der Waals surface area contributed by atoms with Crippen molar-refractivity contribution in [2.24, 2.45) is 0 Å². The van der Waals surface area contributed by atoms with E-state index in [1.165, 1.54) is 17.1 Å². The molecular weight excluding hydrogens is 266 g/mol. The second-order valence-electron chi connectivity index (χ2n) is 4.01. The summed E-state index contributed by atoms with van der Waals surface area (Å²) in [5.74, 6) is 0.258. The van der Waals surface area contributed by atoms with Gasteiger partial charge in [0.15, 0.2) is 5.82 Å². The average Bonchev–Trinajstić information content (AvgIpc) is 2.74. The summed E-state index contributed by atoms with van der Waals surface area (Å²) in [5, 5.41) is 3.91. The smallest absolute Gasteiger partial charge is 0.268 e. The number of rotatable bonds is 4. The second-order valence-corrected chi connectivity index (χ2v) is 5.66. The number of aromatic nitrogens is 3. The fraction of sp³-hybridized carbons (Fsp3) is 0.273. The Morgan fingerprint density at radius 2 is 2.21 bits per heavy atom. The molecule has 7 nitrogen and oxygen atoms in total. The molecule has 0 aliphatic carbocycles. The molecule has 8 heteroatoms. The molecule has 19 heavy (non-hydrogen) atoms. The van der Waals surface area contributed by atoms with E-state index in [0.717, 1.165) is 5.56 Å². The molecule has 0 fully saturated rings. The van der Waals surface area contributed by atoms with Crippen molar-refractivity contribution in [2.45, 2.75) is 25.3 Å². The lowest BCUT2D eigenvalue weighted by Gasteiger charge is -2.07. The van der Waals surface area contributed by atoms with Crippen molar-refractivity contribution < 1.29 is 8.42 Å². The van der Waals surface area contributed by atoms with Gasteiger partial charge in [-0.05, 0) is 25.5 Å². The van der Waals surface area contributed by atoms with Crippen molar-refractivity contribution in [3.05, 3.63) is 30.1 Å². The Labute approximate surface area is 111 Å². The van der Waals surface area contributed by atoms with Gasteiger partial charge in [-0.1, -0.05) is 6.07 Å². The van der Waals surface area contributed by atoms with Crippen molar-refractivity contribution in [1.29, 1.82) is 0 Å². The number of nitrogens with zero attached hydrogens (tertiary/aromatic N) is 3. The standard InChI is InChI=1S/C11H15N5O2S/c1-3-16-7-9(10(12)14-16)19(17,18)15-11-8(2)5-4-6-13-11/h4-7H,3H2,1-2H3,(H2,12,14)(H,13,15). The summed E-state index contributed by atoms with van der Waals surface area (Å²) in [4.78, 5) is 3.95. The highest BCUT2D eigenvalue weighted by Crippen LogP contribution is 2.20. The van der Waals surface area contributed by atoms with Crippen LogP contribution in [0.2, 0.25) is 0 Å². The molecule has 102 valence electrons. The number of nitrogens with one attached hydrogen (secondary N) is 1. The first-order valence-electron chi connectivity index (χ1n) is 5.71. The van der Waals surface area contributed by atoms with Gasteiger partial charge in [0.05, 0.1) is 0 Å². The molecule has 0 amide bonds. The van der Waals surface area contributed by atoms with E-state index in [2.05, 4.69) is 14.8 Å². The van der Waals surface area contributed by atoms with E-state index in [1.54, 1.807) is 19.1 Å². The van der Waals surface area contributed by atoms with Crippen LogP contribution in [0.15, 0.2) is 29.4 Å². The number of sulfonamides is 1. The van der Waals surface area contributed by atoms with E-state index in [0.29, 0.717) is 6.54 Å². The molecule has 0 aromatic carbocycles. The first-order valence-corrected chi connectivity index (χ1v) is 7.19. The third kappa shape index (κ3) is 2.68. The fourth-order valence-electron chi connectivity index (χ4n) is 1.56. The molecule has 0 bridgehead atoms. The molecule has 0 aliphatic rings. The van der Waals surface area contributed by atoms with Gasteiger partial charge < -0.3 is 5.73 Å². The van der Waals surface area contributed by atoms with Crippen LogP contribution in [0.1, 0.15) is 12.5 Å². The monoisotopic (exact) mass is 281 g/mol. The van der Waals surface area contributed by atoms with E-state index in [4.69, 9.17) is 5.73 Å². The molecule has 2 aromatic heterocycles. The number of nitrogen functional groups attached to an aromatic ring is 1. The van der Waals surface area contributed by atoms with Crippen LogP contribution in [0.5, 0.6) is 0 Å². The minimum absolute atomic E-state index is 0.0251. The Morgan fingerprint density at radius 1 is 1.47 bits per heavy atom. The molecular formula is C11H15N5O2S. The topological polar surface area (TPSA) is 103 Å². The summed E-state index contributed by atoms with van der Waals surface area (Å²) in [6, 6.07) is 3.50. The Hall–Kier alpha value is -2.09. The number of nitrogens with two attached hydrogens (primary N) is 1. The SMILES string of the molecule is CCn1cc(S(=O)(=O)Nc2ncccc2C)c(N)n1. The van der Waals surface area contributed by atoms with Crippen LogP contribution >= 0.6 is 0 Å². The highest BCUT2D eigenvalue weighted by Gasteiger charge is 2.22. The van der Waals surface area contributed by atoms with Crippen molar-refractivity contribution in [3.63, 3.8) is 0 Å². The van der Waals surface area contributed by atoms with E-state index in [-0.39, 0.29) is 16.5 Å². The maximum absolute atomic E-state index is 12.2. The number of hydrogen-bond donors (Lipinski definition) is 2. The molecule has 2 aromatic rings. The molecule has 0 saturated heterocycles. The van der Waals surface area contributed by atoms with Crippen LogP contribution in [-0.2, 0) is 16.6 Å². The average molecular weight is 281 g/mol. The predicted molar refractivity (Wildman–Crippen MR) is 72.1 cm³/mol. The van der Waals surface area contributed by atoms with Gasteiger partial charge >= 0.3 is 0 Å². The van der Waals surface area contributed by atoms with E-state index >= 15 is 0 Å². The van der Waals surface area contributed by atoms with Gasteiger partial charge in [-0.15, -0.1) is 0 Å². The van der Waals surface area contributed by atoms with Crippen LogP contribution in [-0.4, -0.2) is 23.2 Å². The fourth-order valence-corrected chi connectivity index (χ4v) is 2.72. The third-order valence-corrected chi connectivity index (χ3v) is 3.96. The molecule has 2 rings (SSSR count). The van der Waals surface area contributed by atoms with Gasteiger partial charge in [0.25, 0.3) is 10.0 Å². The first-order chi connectivity index (χ1) is 8.94. The van der Waals surface area contributed by atoms with Gasteiger partial charge in [0.1, 0.15) is 10.7 Å². The minimum atomic E-state index is -3.78. The summed E-state index contributed by atoms with van der Waals surface area (Å²) >= 11 is 0. The number of pyridine rings is 1. The normalized spacial score (nSPS) is 11.5. The molecule has 0 unspecified atom stereocenters. The highest BCUT2D eigenvalue weighted by atomic mass is 32.2. The van der Waals surface area contributed by atoms with Crippen molar-refractivity contribution >= 4 is 21.7 Å². The summed E-state index contributed by atoms with van der Waals surface area (Å²) in [7, 11) is -3.78. The number of hydrogen-bond acceptors (Lipinski definition) is 5. The Bertz CT molecular complexity index is 693. The lowest BCUT2D eigenvalue weighted by molar-refractivity contribution is 0.600. The molecule has 0 aliphatic heterocycles. The zero-order valence-electron chi connectivity index (χ0n) is 10.7. The maximum Gasteiger partial charge on any atom is 0.268 e. The minimum Gasteiger partial charge on any atom is -0.381 e. The Morgan fingerprint density at radius 3 is 2.79 bits per heavy atom. The zero-order chi connectivity index (χ0) is 14.0. The van der Waals surface area contributed by atoms with Crippen LogP contribution in [0.4, 0.5) is 11.6 Å². The molecule has 3 N–H and O–H groups in total. The lowest BCUT2D eigenvalue weighted by Crippen LogP contribution is -2.15. The molecule has 2 heterocycles. The number of aryl methyl sites for hydroxylation is 2. The van der Waals surface area contributed by atoms with Gasteiger partial charge in [-0.25, -0.2) is 13.4 Å². The van der Waals surface area contributed by atoms with Crippen LogP contribution in [0, 0.1) is 6.92 Å². The van der Waals surface area contributed by atoms with Gasteiger partial charge in [-0.2, -0.15) is 5.10 Å². The summed E-state index contributed by atoms with van der Waals surface area (Å²) in [6.07, 6.45) is 2.92. The van der Waals surface area contributed by atoms with Crippen molar-refractivity contribution in [1.82, 2.24) is 14.8 Å². The van der Waals surface area contributed by atoms with E-state index < -0.39 is 10.0 Å². The second kappa shape index (κ2) is 4.88. The summed E-state index contributed by atoms with van der Waals surface area (Å²) in [6.45, 7) is 4.16.